The highest BCUT2D eigenvalue weighted by Crippen LogP contribution is 2.24. The van der Waals surface area contributed by atoms with Gasteiger partial charge in [-0.3, -0.25) is 4.79 Å². The summed E-state index contributed by atoms with van der Waals surface area (Å²) < 4.78 is 37.5. The molecule has 1 aromatic carbocycles. The van der Waals surface area contributed by atoms with Gasteiger partial charge >= 0.3 is 6.18 Å². The van der Waals surface area contributed by atoms with Gasteiger partial charge in [-0.15, -0.1) is 0 Å². The number of hydrogen-bond acceptors (Lipinski definition) is 8. The molecule has 1 amide bonds. The van der Waals surface area contributed by atoms with Crippen molar-refractivity contribution in [2.75, 3.05) is 48.8 Å². The van der Waals surface area contributed by atoms with Gasteiger partial charge < -0.3 is 26.2 Å². The highest BCUT2D eigenvalue weighted by atomic mass is 19.4. The zero-order valence-electron chi connectivity index (χ0n) is 20.7. The summed E-state index contributed by atoms with van der Waals surface area (Å²) in [6.45, 7) is 9.18. The summed E-state index contributed by atoms with van der Waals surface area (Å²) in [6, 6.07) is 4.80. The lowest BCUT2D eigenvalue weighted by molar-refractivity contribution is -0.123. The molecule has 0 unspecified atom stereocenters. The molecule has 0 spiro atoms. The van der Waals surface area contributed by atoms with Crippen molar-refractivity contribution in [2.45, 2.75) is 46.3 Å². The minimum Gasteiger partial charge on any atom is -0.350 e. The van der Waals surface area contributed by atoms with Crippen molar-refractivity contribution in [3.05, 3.63) is 29.3 Å². The van der Waals surface area contributed by atoms with Gasteiger partial charge in [-0.05, 0) is 43.0 Å². The van der Waals surface area contributed by atoms with Crippen LogP contribution in [0, 0.1) is 12.3 Å². The molecule has 1 aliphatic heterocycles. The number of carbonyl (C=O) groups is 1. The highest BCUT2D eigenvalue weighted by molar-refractivity contribution is 5.95. The van der Waals surface area contributed by atoms with Crippen molar-refractivity contribution < 1.29 is 18.0 Å². The quantitative estimate of drug-likeness (QED) is 0.442. The third-order valence-electron chi connectivity index (χ3n) is 5.27. The number of aromatic nitrogens is 3. The Morgan fingerprint density at radius 2 is 1.89 bits per heavy atom. The lowest BCUT2D eigenvalue weighted by Crippen LogP contribution is -2.33. The van der Waals surface area contributed by atoms with Crippen LogP contribution in [0.15, 0.2) is 18.2 Å². The van der Waals surface area contributed by atoms with Crippen LogP contribution in [0.5, 0.6) is 0 Å². The van der Waals surface area contributed by atoms with Crippen LogP contribution >= 0.6 is 0 Å². The SMILES string of the molecule is Cc1ccc(C(=O)NCC(F)(F)F)cc1Nc1nc(N[C@@H]2CCNC2)nc(N(C)CC(C)(C)C)n1. The monoisotopic (exact) mass is 494 g/mol. The number of alkyl halides is 3. The Morgan fingerprint density at radius 3 is 2.51 bits per heavy atom. The molecule has 35 heavy (non-hydrogen) atoms. The summed E-state index contributed by atoms with van der Waals surface area (Å²) in [5, 5.41) is 11.6. The number of aryl methyl sites for hydroxylation is 1. The second-order valence-corrected chi connectivity index (χ2v) is 9.99. The van der Waals surface area contributed by atoms with E-state index >= 15 is 0 Å². The third kappa shape index (κ3) is 8.23. The third-order valence-corrected chi connectivity index (χ3v) is 5.27. The van der Waals surface area contributed by atoms with Crippen LogP contribution in [0.2, 0.25) is 0 Å². The Kier molecular flexibility index (Phi) is 8.04. The number of carbonyl (C=O) groups excluding carboxylic acids is 1. The molecule has 1 aromatic heterocycles. The molecule has 4 N–H and O–H groups in total. The van der Waals surface area contributed by atoms with Crippen LogP contribution < -0.4 is 26.2 Å². The first kappa shape index (κ1) is 26.5. The molecule has 1 aliphatic rings. The molecule has 0 saturated carbocycles. The lowest BCUT2D eigenvalue weighted by atomic mass is 9.96. The van der Waals surface area contributed by atoms with E-state index in [1.165, 1.54) is 12.1 Å². The van der Waals surface area contributed by atoms with E-state index in [1.807, 2.05) is 24.2 Å². The summed E-state index contributed by atoms with van der Waals surface area (Å²) in [4.78, 5) is 27.8. The van der Waals surface area contributed by atoms with Gasteiger partial charge in [-0.2, -0.15) is 28.1 Å². The van der Waals surface area contributed by atoms with Gasteiger partial charge in [-0.1, -0.05) is 26.8 Å². The molecule has 192 valence electrons. The first-order chi connectivity index (χ1) is 16.3. The van der Waals surface area contributed by atoms with Crippen LogP contribution in [0.25, 0.3) is 0 Å². The van der Waals surface area contributed by atoms with Gasteiger partial charge in [0.05, 0.1) is 0 Å². The van der Waals surface area contributed by atoms with E-state index in [9.17, 15) is 18.0 Å². The van der Waals surface area contributed by atoms with E-state index in [0.717, 1.165) is 25.1 Å². The van der Waals surface area contributed by atoms with Crippen LogP contribution in [0.4, 0.5) is 36.7 Å². The van der Waals surface area contributed by atoms with Gasteiger partial charge in [0.25, 0.3) is 5.91 Å². The summed E-state index contributed by atoms with van der Waals surface area (Å²) in [6.07, 6.45) is -3.55. The number of rotatable bonds is 8. The molecule has 0 radical (unpaired) electrons. The molecule has 1 atom stereocenters. The Balaban J connectivity index is 1.87. The predicted molar refractivity (Wildman–Crippen MR) is 130 cm³/mol. The first-order valence-electron chi connectivity index (χ1n) is 11.5. The van der Waals surface area contributed by atoms with E-state index in [1.54, 1.807) is 6.07 Å². The van der Waals surface area contributed by atoms with E-state index in [0.29, 0.717) is 24.1 Å². The fourth-order valence-electron chi connectivity index (χ4n) is 3.70. The van der Waals surface area contributed by atoms with Crippen LogP contribution in [0.3, 0.4) is 0 Å². The van der Waals surface area contributed by atoms with Gasteiger partial charge in [0.1, 0.15) is 6.54 Å². The first-order valence-corrected chi connectivity index (χ1v) is 11.5. The summed E-state index contributed by atoms with van der Waals surface area (Å²) in [7, 11) is 1.90. The second kappa shape index (κ2) is 10.6. The molecule has 2 aromatic rings. The van der Waals surface area contributed by atoms with Gasteiger partial charge in [0, 0.05) is 37.4 Å². The smallest absolute Gasteiger partial charge is 0.350 e. The minimum absolute atomic E-state index is 0.00658. The lowest BCUT2D eigenvalue weighted by Gasteiger charge is -2.27. The maximum Gasteiger partial charge on any atom is 0.405 e. The number of nitrogens with zero attached hydrogens (tertiary/aromatic N) is 4. The van der Waals surface area contributed by atoms with E-state index in [-0.39, 0.29) is 23.0 Å². The Bertz CT molecular complexity index is 1030. The fraction of sp³-hybridized carbons (Fsp3) is 0.565. The van der Waals surface area contributed by atoms with E-state index in [4.69, 9.17) is 0 Å². The number of benzene rings is 1. The molecule has 3 rings (SSSR count). The van der Waals surface area contributed by atoms with E-state index < -0.39 is 18.6 Å². The maximum atomic E-state index is 12.5. The number of anilines is 4. The average molecular weight is 495 g/mol. The number of amides is 1. The molecule has 1 fully saturated rings. The molecule has 0 aliphatic carbocycles. The number of nitrogens with one attached hydrogen (secondary N) is 4. The Morgan fingerprint density at radius 1 is 1.17 bits per heavy atom. The minimum atomic E-state index is -4.49. The zero-order chi connectivity index (χ0) is 25.8. The molecular weight excluding hydrogens is 461 g/mol. The summed E-state index contributed by atoms with van der Waals surface area (Å²) in [5.74, 6) is 0.342. The molecule has 12 heteroatoms. The van der Waals surface area contributed by atoms with Crippen LogP contribution in [0.1, 0.15) is 43.1 Å². The number of hydrogen-bond donors (Lipinski definition) is 4. The zero-order valence-corrected chi connectivity index (χ0v) is 20.7. The van der Waals surface area contributed by atoms with E-state index in [2.05, 4.69) is 51.7 Å². The van der Waals surface area contributed by atoms with Crippen LogP contribution in [-0.4, -0.2) is 66.3 Å². The predicted octanol–water partition coefficient (Wildman–Crippen LogP) is 3.47. The topological polar surface area (TPSA) is 107 Å². The molecular formula is C23H33F3N8O. The summed E-state index contributed by atoms with van der Waals surface area (Å²) >= 11 is 0. The highest BCUT2D eigenvalue weighted by Gasteiger charge is 2.28. The Hall–Kier alpha value is -3.15. The van der Waals surface area contributed by atoms with Crippen molar-refractivity contribution in [3.8, 4) is 0 Å². The van der Waals surface area contributed by atoms with Crippen molar-refractivity contribution in [1.82, 2.24) is 25.6 Å². The molecule has 0 bridgehead atoms. The maximum absolute atomic E-state index is 12.5. The fourth-order valence-corrected chi connectivity index (χ4v) is 3.70. The molecule has 2 heterocycles. The van der Waals surface area contributed by atoms with Crippen molar-refractivity contribution in [2.24, 2.45) is 5.41 Å². The average Bonchev–Trinajstić information content (AvgIpc) is 3.24. The second-order valence-electron chi connectivity index (χ2n) is 9.99. The van der Waals surface area contributed by atoms with Crippen molar-refractivity contribution >= 4 is 29.4 Å². The van der Waals surface area contributed by atoms with Gasteiger partial charge in [-0.25, -0.2) is 0 Å². The normalized spacial score (nSPS) is 16.2. The largest absolute Gasteiger partial charge is 0.405 e. The number of halogens is 3. The molecule has 9 nitrogen and oxygen atoms in total. The van der Waals surface area contributed by atoms with Gasteiger partial charge in [0.15, 0.2) is 0 Å². The Labute approximate surface area is 203 Å². The summed E-state index contributed by atoms with van der Waals surface area (Å²) in [5.41, 5.74) is 1.38. The van der Waals surface area contributed by atoms with Crippen molar-refractivity contribution in [3.63, 3.8) is 0 Å². The van der Waals surface area contributed by atoms with Crippen molar-refractivity contribution in [1.29, 1.82) is 0 Å². The standard InChI is InChI=1S/C23H33F3N8O/c1-14-6-7-15(18(35)28-12-23(24,25)26)10-17(14)30-20-31-19(29-16-8-9-27-11-16)32-21(33-20)34(5)13-22(2,3)4/h6-7,10,16,27H,8-9,11-13H2,1-5H3,(H,28,35)(H2,29,30,31,32,33)/t16-/m1/s1. The molecule has 1 saturated heterocycles. The van der Waals surface area contributed by atoms with Gasteiger partial charge in [0.2, 0.25) is 17.8 Å². The van der Waals surface area contributed by atoms with Crippen LogP contribution in [-0.2, 0) is 0 Å².